The highest BCUT2D eigenvalue weighted by Crippen LogP contribution is 2.43. The lowest BCUT2D eigenvalue weighted by Crippen LogP contribution is -2.46. The molecule has 11 nitrogen and oxygen atoms in total. The summed E-state index contributed by atoms with van der Waals surface area (Å²) in [6.07, 6.45) is 9.15. The summed E-state index contributed by atoms with van der Waals surface area (Å²) >= 11 is 0. The molecule has 0 amide bonds. The molecule has 12 heteroatoms. The van der Waals surface area contributed by atoms with Crippen LogP contribution in [0.1, 0.15) is 75.7 Å². The Kier molecular flexibility index (Phi) is 6.42. The summed E-state index contributed by atoms with van der Waals surface area (Å²) in [6.45, 7) is 6.21. The quantitative estimate of drug-likeness (QED) is 0.398. The first-order valence-corrected chi connectivity index (χ1v) is 15.2. The molecule has 0 aromatic carbocycles. The van der Waals surface area contributed by atoms with E-state index in [4.69, 9.17) is 4.98 Å². The Bertz CT molecular complexity index is 1540. The molecule has 3 heterocycles. The van der Waals surface area contributed by atoms with Crippen LogP contribution in [0, 0.1) is 18.8 Å². The van der Waals surface area contributed by atoms with Crippen molar-refractivity contribution in [3.63, 3.8) is 0 Å². The zero-order valence-corrected chi connectivity index (χ0v) is 22.8. The minimum Gasteiger partial charge on any atom is -0.365 e. The van der Waals surface area contributed by atoms with Crippen molar-refractivity contribution in [3.05, 3.63) is 34.3 Å². The van der Waals surface area contributed by atoms with E-state index in [1.54, 1.807) is 24.0 Å². The number of nitrogens with one attached hydrogen (secondary N) is 2. The van der Waals surface area contributed by atoms with E-state index in [-0.39, 0.29) is 35.1 Å². The Hall–Kier alpha value is -2.99. The van der Waals surface area contributed by atoms with Crippen LogP contribution in [0.5, 0.6) is 0 Å². The average Bonchev–Trinajstić information content (AvgIpc) is 3.78. The van der Waals surface area contributed by atoms with Crippen LogP contribution in [0.15, 0.2) is 17.3 Å². The molecule has 0 radical (unpaired) electrons. The van der Waals surface area contributed by atoms with E-state index in [1.807, 2.05) is 6.92 Å². The van der Waals surface area contributed by atoms with Gasteiger partial charge >= 0.3 is 0 Å². The van der Waals surface area contributed by atoms with Gasteiger partial charge in [0.05, 0.1) is 28.9 Å². The van der Waals surface area contributed by atoms with Crippen LogP contribution in [-0.2, 0) is 10.0 Å². The van der Waals surface area contributed by atoms with Gasteiger partial charge in [-0.2, -0.15) is 0 Å². The highest BCUT2D eigenvalue weighted by atomic mass is 32.2. The fourth-order valence-corrected chi connectivity index (χ4v) is 6.28. The molecular weight excluding hydrogens is 504 g/mol. The number of aryl methyl sites for hydroxylation is 1. The van der Waals surface area contributed by atoms with E-state index in [0.29, 0.717) is 35.4 Å². The van der Waals surface area contributed by atoms with E-state index < -0.39 is 10.0 Å². The van der Waals surface area contributed by atoms with Crippen LogP contribution < -0.4 is 15.6 Å². The highest BCUT2D eigenvalue weighted by molar-refractivity contribution is 7.89. The summed E-state index contributed by atoms with van der Waals surface area (Å²) in [4.78, 5) is 36.9. The normalized spacial score (nSPS) is 22.3. The number of anilines is 1. The topological polar surface area (TPSA) is 145 Å². The van der Waals surface area contributed by atoms with Gasteiger partial charge in [-0.05, 0) is 71.1 Å². The van der Waals surface area contributed by atoms with Gasteiger partial charge in [0.25, 0.3) is 5.56 Å². The summed E-state index contributed by atoms with van der Waals surface area (Å²) in [5.41, 5.74) is 3.58. The molecule has 3 saturated carbocycles. The van der Waals surface area contributed by atoms with Gasteiger partial charge in [0.15, 0.2) is 17.3 Å². The second-order valence-electron chi connectivity index (χ2n) is 11.0. The molecule has 0 aliphatic heterocycles. The Morgan fingerprint density at radius 1 is 1.11 bits per heavy atom. The molecule has 38 heavy (non-hydrogen) atoms. The molecule has 0 bridgehead atoms. The fourth-order valence-electron chi connectivity index (χ4n) is 5.42. The Balaban J connectivity index is 1.30. The zero-order valence-electron chi connectivity index (χ0n) is 22.0. The van der Waals surface area contributed by atoms with Crippen LogP contribution in [0.4, 0.5) is 5.82 Å². The van der Waals surface area contributed by atoms with Gasteiger partial charge in [-0.3, -0.25) is 9.36 Å². The third kappa shape index (κ3) is 4.91. The third-order valence-corrected chi connectivity index (χ3v) is 9.57. The van der Waals surface area contributed by atoms with Crippen molar-refractivity contribution in [1.82, 2.24) is 34.2 Å². The molecule has 3 fully saturated rings. The minimum absolute atomic E-state index is 0.0103. The maximum Gasteiger partial charge on any atom is 0.295 e. The van der Waals surface area contributed by atoms with E-state index in [1.165, 1.54) is 0 Å². The molecule has 1 atom stereocenters. The molecule has 3 aliphatic carbocycles. The van der Waals surface area contributed by atoms with Crippen molar-refractivity contribution in [3.8, 4) is 11.4 Å². The maximum absolute atomic E-state index is 13.7. The van der Waals surface area contributed by atoms with Crippen molar-refractivity contribution in [2.24, 2.45) is 11.8 Å². The number of aromatic nitrogens is 6. The second kappa shape index (κ2) is 9.64. The smallest absolute Gasteiger partial charge is 0.295 e. The summed E-state index contributed by atoms with van der Waals surface area (Å²) in [5, 5.41) is 3.25. The lowest BCUT2D eigenvalue weighted by atomic mass is 9.81. The number of rotatable bonds is 10. The predicted octanol–water partition coefficient (Wildman–Crippen LogP) is 2.93. The molecule has 3 aliphatic rings. The number of sulfonamides is 1. The molecule has 3 aromatic heterocycles. The average molecular weight is 539 g/mol. The summed E-state index contributed by atoms with van der Waals surface area (Å²) in [5.74, 6) is 2.02. The van der Waals surface area contributed by atoms with E-state index in [9.17, 15) is 13.2 Å². The molecule has 0 unspecified atom stereocenters. The standard InChI is InChI=1S/C26H34N8O3S/c1-4-38(36,37)33-19-9-16(10-19)11-27-24-26(35)34(15(3)17-5-6-17)25-20(31-24)12-28-23(32-25)21-14(2)29-13-30-22(21)18-7-8-18/h12-13,15-19,33H,4-11H2,1-3H3,(H,27,31)/t15-,16?,19?/m0/s1. The van der Waals surface area contributed by atoms with E-state index in [2.05, 4.69) is 36.9 Å². The van der Waals surface area contributed by atoms with Crippen molar-refractivity contribution in [2.75, 3.05) is 17.6 Å². The Morgan fingerprint density at radius 2 is 1.87 bits per heavy atom. The lowest BCUT2D eigenvalue weighted by molar-refractivity contribution is 0.261. The number of fused-ring (bicyclic) bond motifs is 1. The van der Waals surface area contributed by atoms with Crippen LogP contribution >= 0.6 is 0 Å². The summed E-state index contributed by atoms with van der Waals surface area (Å²) in [7, 11) is -3.21. The van der Waals surface area contributed by atoms with Crippen LogP contribution in [0.25, 0.3) is 22.6 Å². The lowest BCUT2D eigenvalue weighted by Gasteiger charge is -2.35. The number of nitrogens with zero attached hydrogens (tertiary/aromatic N) is 6. The monoisotopic (exact) mass is 538 g/mol. The largest absolute Gasteiger partial charge is 0.365 e. The summed E-state index contributed by atoms with van der Waals surface area (Å²) < 4.78 is 28.1. The molecule has 202 valence electrons. The van der Waals surface area contributed by atoms with Crippen LogP contribution in [-0.4, -0.2) is 56.2 Å². The predicted molar refractivity (Wildman–Crippen MR) is 144 cm³/mol. The first-order valence-electron chi connectivity index (χ1n) is 13.6. The van der Waals surface area contributed by atoms with E-state index >= 15 is 0 Å². The third-order valence-electron chi connectivity index (χ3n) is 8.12. The van der Waals surface area contributed by atoms with Gasteiger partial charge in [0, 0.05) is 24.5 Å². The summed E-state index contributed by atoms with van der Waals surface area (Å²) in [6, 6.07) is -0.0514. The number of hydrogen-bond donors (Lipinski definition) is 2. The van der Waals surface area contributed by atoms with Gasteiger partial charge in [-0.15, -0.1) is 0 Å². The molecule has 0 spiro atoms. The van der Waals surface area contributed by atoms with Gasteiger partial charge < -0.3 is 5.32 Å². The Morgan fingerprint density at radius 3 is 2.55 bits per heavy atom. The van der Waals surface area contributed by atoms with Crippen LogP contribution in [0.3, 0.4) is 0 Å². The zero-order chi connectivity index (χ0) is 26.6. The Labute approximate surface area is 222 Å². The van der Waals surface area contributed by atoms with Crippen molar-refractivity contribution in [1.29, 1.82) is 0 Å². The van der Waals surface area contributed by atoms with Crippen molar-refractivity contribution >= 4 is 27.0 Å². The van der Waals surface area contributed by atoms with Crippen LogP contribution in [0.2, 0.25) is 0 Å². The number of hydrogen-bond acceptors (Lipinski definition) is 9. The van der Waals surface area contributed by atoms with Crippen molar-refractivity contribution < 1.29 is 8.42 Å². The second-order valence-corrected chi connectivity index (χ2v) is 13.1. The molecule has 0 saturated heterocycles. The highest BCUT2D eigenvalue weighted by Gasteiger charge is 2.34. The minimum atomic E-state index is -3.21. The van der Waals surface area contributed by atoms with E-state index in [0.717, 1.165) is 55.5 Å². The maximum atomic E-state index is 13.7. The van der Waals surface area contributed by atoms with Gasteiger partial charge in [0.1, 0.15) is 11.8 Å². The molecule has 2 N–H and O–H groups in total. The fraction of sp³-hybridized carbons (Fsp3) is 0.615. The van der Waals surface area contributed by atoms with Gasteiger partial charge in [0.2, 0.25) is 10.0 Å². The first kappa shape index (κ1) is 25.3. The molecule has 6 rings (SSSR count). The van der Waals surface area contributed by atoms with Gasteiger partial charge in [-0.1, -0.05) is 0 Å². The van der Waals surface area contributed by atoms with Crippen molar-refractivity contribution in [2.45, 2.75) is 77.3 Å². The molecule has 3 aromatic rings. The van der Waals surface area contributed by atoms with Gasteiger partial charge in [-0.25, -0.2) is 38.1 Å². The molecular formula is C26H34N8O3S. The SMILES string of the molecule is CCS(=O)(=O)NC1CC(CNc2nc3cnc(-c4c(C)ncnc4C4CC4)nc3n([C@@H](C)C3CC3)c2=O)C1. The first-order chi connectivity index (χ1) is 18.2.